The van der Waals surface area contributed by atoms with E-state index in [0.717, 1.165) is 0 Å². The van der Waals surface area contributed by atoms with Crippen LogP contribution >= 0.6 is 0 Å². The van der Waals surface area contributed by atoms with Crippen LogP contribution in [0.25, 0.3) is 0 Å². The van der Waals surface area contributed by atoms with E-state index in [4.69, 9.17) is 5.11 Å². The van der Waals surface area contributed by atoms with Crippen molar-refractivity contribution < 1.29 is 74.8 Å². The lowest BCUT2D eigenvalue weighted by atomic mass is 10.3. The van der Waals surface area contributed by atoms with Gasteiger partial charge in [0, 0.05) is 0 Å². The molecule has 0 radical (unpaired) electrons. The third kappa shape index (κ3) is 4.88. The van der Waals surface area contributed by atoms with E-state index in [0.29, 0.717) is 0 Å². The van der Waals surface area contributed by atoms with Crippen LogP contribution in [0.2, 0.25) is 0 Å². The summed E-state index contributed by atoms with van der Waals surface area (Å²) in [5, 5.41) is 8.30. The van der Waals surface area contributed by atoms with Gasteiger partial charge >= 0.3 is 15.6 Å². The molecule has 2 aromatic carbocycles. The maximum absolute atomic E-state index is 12.8. The quantitative estimate of drug-likeness (QED) is 0.214. The zero-order valence-electron chi connectivity index (χ0n) is 13.5. The summed E-state index contributed by atoms with van der Waals surface area (Å²) in [5.41, 5.74) is -6.10. The first-order valence-corrected chi connectivity index (χ1v) is 8.00. The molecule has 18 heteroatoms. The van der Waals surface area contributed by atoms with Crippen LogP contribution in [0.1, 0.15) is 0 Å². The third-order valence-electron chi connectivity index (χ3n) is 2.83. The predicted molar refractivity (Wildman–Crippen MR) is 69.7 cm³/mol. The predicted octanol–water partition coefficient (Wildman–Crippen LogP) is 4.70. The van der Waals surface area contributed by atoms with Crippen molar-refractivity contribution >= 4 is 10.1 Å². The van der Waals surface area contributed by atoms with Gasteiger partial charge in [-0.05, 0) is 0 Å². The Morgan fingerprint density at radius 3 is 1.10 bits per heavy atom. The number of aromatic hydroxyl groups is 1. The summed E-state index contributed by atoms with van der Waals surface area (Å²) < 4.78 is 183. The van der Waals surface area contributed by atoms with E-state index < -0.39 is 85.3 Å². The Labute approximate surface area is 161 Å². The van der Waals surface area contributed by atoms with Crippen LogP contribution in [0.5, 0.6) is 11.5 Å². The molecule has 174 valence electrons. The highest BCUT2D eigenvalue weighted by molar-refractivity contribution is 7.88. The summed E-state index contributed by atoms with van der Waals surface area (Å²) >= 11 is 0. The number of hydrogen-bond donors (Lipinski definition) is 1. The van der Waals surface area contributed by atoms with Crippen LogP contribution in [0.15, 0.2) is 0 Å². The molecule has 0 aliphatic heterocycles. The van der Waals surface area contributed by atoms with Gasteiger partial charge in [0.2, 0.25) is 63.9 Å². The van der Waals surface area contributed by atoms with Crippen LogP contribution in [0.3, 0.4) is 0 Å². The van der Waals surface area contributed by atoms with E-state index in [1.54, 1.807) is 0 Å². The van der Waals surface area contributed by atoms with Gasteiger partial charge in [0.1, 0.15) is 0 Å². The molecule has 0 spiro atoms. The fourth-order valence-corrected chi connectivity index (χ4v) is 1.87. The Bertz CT molecular complexity index is 994. The monoisotopic (exact) mass is 500 g/mol. The standard InChI is InChI=1S/C7F8O3S.C6HF5O/c8-1-2(9)4(11)6(5(12)3(1)10)18-19(16,17)7(13,14)15;7-1-2(8)4(10)6(12)5(11)3(1)9/h;12H. The molecule has 0 fully saturated rings. The van der Waals surface area contributed by atoms with Crippen molar-refractivity contribution in [2.45, 2.75) is 5.51 Å². The van der Waals surface area contributed by atoms with Crippen molar-refractivity contribution in [3.05, 3.63) is 58.2 Å². The van der Waals surface area contributed by atoms with Crippen LogP contribution in [0.4, 0.5) is 57.1 Å². The number of alkyl halides is 3. The highest BCUT2D eigenvalue weighted by atomic mass is 32.2. The summed E-state index contributed by atoms with van der Waals surface area (Å²) in [4.78, 5) is 0. The molecule has 1 N–H and O–H groups in total. The second-order valence-electron chi connectivity index (χ2n) is 4.80. The Morgan fingerprint density at radius 2 is 0.806 bits per heavy atom. The minimum absolute atomic E-state index is 1.87. The highest BCUT2D eigenvalue weighted by Crippen LogP contribution is 2.33. The molecule has 0 saturated carbocycles. The largest absolute Gasteiger partial charge is 0.534 e. The Kier molecular flexibility index (Phi) is 7.31. The van der Waals surface area contributed by atoms with Crippen LogP contribution in [-0.4, -0.2) is 19.0 Å². The zero-order chi connectivity index (χ0) is 24.6. The molecule has 0 aromatic heterocycles. The molecule has 2 rings (SSSR count). The number of hydrogen-bond acceptors (Lipinski definition) is 4. The van der Waals surface area contributed by atoms with Gasteiger partial charge in [-0.2, -0.15) is 39.2 Å². The highest BCUT2D eigenvalue weighted by Gasteiger charge is 2.50. The molecular formula is C13HF13O4S. The SMILES string of the molecule is O=S(=O)(Oc1c(F)c(F)c(F)c(F)c1F)C(F)(F)F.Oc1c(F)c(F)c(F)c(F)c1F. The lowest BCUT2D eigenvalue weighted by Gasteiger charge is -2.11. The average Bonchev–Trinajstić information content (AvgIpc) is 2.69. The van der Waals surface area contributed by atoms with Crippen molar-refractivity contribution in [3.63, 3.8) is 0 Å². The van der Waals surface area contributed by atoms with E-state index in [1.807, 2.05) is 0 Å². The molecule has 0 bridgehead atoms. The maximum atomic E-state index is 12.8. The maximum Gasteiger partial charge on any atom is 0.534 e. The second kappa shape index (κ2) is 8.67. The Morgan fingerprint density at radius 1 is 0.548 bits per heavy atom. The molecule has 4 nitrogen and oxygen atoms in total. The molecule has 0 saturated heterocycles. The first-order chi connectivity index (χ1) is 13.9. The molecule has 0 atom stereocenters. The molecule has 0 amide bonds. The van der Waals surface area contributed by atoms with E-state index >= 15 is 0 Å². The van der Waals surface area contributed by atoms with Crippen molar-refractivity contribution in [2.75, 3.05) is 0 Å². The Hall–Kier alpha value is -2.92. The van der Waals surface area contributed by atoms with Gasteiger partial charge in [-0.15, -0.1) is 0 Å². The summed E-state index contributed by atoms with van der Waals surface area (Å²) in [6.07, 6.45) is 0. The average molecular weight is 500 g/mol. The summed E-state index contributed by atoms with van der Waals surface area (Å²) in [6.45, 7) is 0. The second-order valence-corrected chi connectivity index (χ2v) is 6.34. The van der Waals surface area contributed by atoms with Crippen molar-refractivity contribution in [1.29, 1.82) is 0 Å². The minimum atomic E-state index is -6.58. The molecule has 31 heavy (non-hydrogen) atoms. The summed E-state index contributed by atoms with van der Waals surface area (Å²) in [6, 6.07) is 0. The number of rotatable bonds is 2. The topological polar surface area (TPSA) is 63.6 Å². The summed E-state index contributed by atoms with van der Waals surface area (Å²) in [7, 11) is -6.58. The fourth-order valence-electron chi connectivity index (χ4n) is 1.41. The third-order valence-corrected chi connectivity index (χ3v) is 3.79. The van der Waals surface area contributed by atoms with Crippen molar-refractivity contribution in [3.8, 4) is 11.5 Å². The molecular weight excluding hydrogens is 499 g/mol. The number of halogens is 13. The molecule has 0 aliphatic carbocycles. The smallest absolute Gasteiger partial charge is 0.503 e. The van der Waals surface area contributed by atoms with E-state index in [9.17, 15) is 65.5 Å². The normalized spacial score (nSPS) is 11.8. The van der Waals surface area contributed by atoms with Crippen molar-refractivity contribution in [1.82, 2.24) is 0 Å². The summed E-state index contributed by atoms with van der Waals surface area (Å²) in [5.74, 6) is -29.2. The van der Waals surface area contributed by atoms with E-state index in [1.165, 1.54) is 0 Å². The number of phenols is 1. The first kappa shape index (κ1) is 26.1. The van der Waals surface area contributed by atoms with Crippen molar-refractivity contribution in [2.24, 2.45) is 0 Å². The molecule has 0 aliphatic rings. The van der Waals surface area contributed by atoms with E-state index in [-0.39, 0.29) is 0 Å². The van der Waals surface area contributed by atoms with E-state index in [2.05, 4.69) is 4.18 Å². The number of phenolic OH excluding ortho intramolecular Hbond substituents is 1. The van der Waals surface area contributed by atoms with Gasteiger partial charge in [-0.3, -0.25) is 0 Å². The van der Waals surface area contributed by atoms with Gasteiger partial charge in [-0.25, -0.2) is 26.3 Å². The first-order valence-electron chi connectivity index (χ1n) is 6.59. The van der Waals surface area contributed by atoms with Gasteiger partial charge in [0.25, 0.3) is 0 Å². The van der Waals surface area contributed by atoms with Gasteiger partial charge < -0.3 is 9.29 Å². The van der Waals surface area contributed by atoms with Crippen LogP contribution in [-0.2, 0) is 10.1 Å². The van der Waals surface area contributed by atoms with Gasteiger partial charge in [0.15, 0.2) is 5.75 Å². The van der Waals surface area contributed by atoms with Crippen LogP contribution in [0, 0.1) is 58.2 Å². The minimum Gasteiger partial charge on any atom is -0.503 e. The molecule has 0 unspecified atom stereocenters. The number of benzene rings is 2. The van der Waals surface area contributed by atoms with Crippen LogP contribution < -0.4 is 4.18 Å². The molecule has 0 heterocycles. The lowest BCUT2D eigenvalue weighted by molar-refractivity contribution is -0.0502. The fraction of sp³-hybridized carbons (Fsp3) is 0.0769. The molecule has 2 aromatic rings. The Balaban J connectivity index is 0.000000343. The van der Waals surface area contributed by atoms with Gasteiger partial charge in [0.05, 0.1) is 0 Å². The van der Waals surface area contributed by atoms with Gasteiger partial charge in [-0.1, -0.05) is 0 Å². The lowest BCUT2D eigenvalue weighted by Crippen LogP contribution is -2.29. The zero-order valence-corrected chi connectivity index (χ0v) is 14.3.